The quantitative estimate of drug-likeness (QED) is 0.324. The molecule has 0 unspecified atom stereocenters. The summed E-state index contributed by atoms with van der Waals surface area (Å²) in [5.41, 5.74) is -0.0455. The number of quaternary nitrogens is 1. The van der Waals surface area contributed by atoms with Crippen LogP contribution in [0, 0.1) is 5.21 Å². The Hall–Kier alpha value is -0.700. The third kappa shape index (κ3) is 4.67. The molecule has 66 valence electrons. The number of hydrogen-bond donors (Lipinski definition) is 3. The van der Waals surface area contributed by atoms with Crippen LogP contribution in [0.5, 0.6) is 0 Å². The first-order valence-corrected chi connectivity index (χ1v) is 4.11. The smallest absolute Gasteiger partial charge is 0.363 e. The van der Waals surface area contributed by atoms with E-state index in [1.807, 2.05) is 0 Å². The number of rotatable bonds is 4. The second-order valence-corrected chi connectivity index (χ2v) is 3.33. The molecular formula is C3H7NO6S. The molecule has 0 fully saturated rings. The van der Waals surface area contributed by atoms with Gasteiger partial charge in [0.2, 0.25) is 6.04 Å². The number of hydrogen-bond acceptors (Lipinski definition) is 4. The lowest BCUT2D eigenvalue weighted by atomic mass is 10.4. The Morgan fingerprint density at radius 3 is 2.18 bits per heavy atom. The fourth-order valence-corrected chi connectivity index (χ4v) is 1.07. The summed E-state index contributed by atoms with van der Waals surface area (Å²) in [6.45, 7) is 0. The highest BCUT2D eigenvalue weighted by Gasteiger charge is 2.24. The minimum Gasteiger partial charge on any atom is -0.635 e. The van der Waals surface area contributed by atoms with Gasteiger partial charge in [-0.05, 0) is 0 Å². The van der Waals surface area contributed by atoms with Crippen LogP contribution >= 0.6 is 0 Å². The Labute approximate surface area is 62.4 Å². The molecule has 4 N–H and O–H groups in total. The molecule has 0 heterocycles. The van der Waals surface area contributed by atoms with Crippen LogP contribution in [0.25, 0.3) is 0 Å². The molecule has 0 aromatic heterocycles. The van der Waals surface area contributed by atoms with Crippen LogP contribution in [0.2, 0.25) is 0 Å². The van der Waals surface area contributed by atoms with Gasteiger partial charge in [-0.3, -0.25) is 4.55 Å². The van der Waals surface area contributed by atoms with Gasteiger partial charge in [0.1, 0.15) is 5.75 Å². The average molecular weight is 185 g/mol. The van der Waals surface area contributed by atoms with Crippen molar-refractivity contribution in [2.75, 3.05) is 5.75 Å². The predicted molar refractivity (Wildman–Crippen MR) is 33.1 cm³/mol. The maximum absolute atomic E-state index is 10.0. The number of hydroxylamine groups is 1. The van der Waals surface area contributed by atoms with Crippen molar-refractivity contribution in [3.8, 4) is 0 Å². The molecule has 7 nitrogen and oxygen atoms in total. The summed E-state index contributed by atoms with van der Waals surface area (Å²) in [4.78, 5) is 10.0. The van der Waals surface area contributed by atoms with Crippen LogP contribution in [-0.4, -0.2) is 35.8 Å². The summed E-state index contributed by atoms with van der Waals surface area (Å²) in [6, 6.07) is -1.69. The third-order valence-electron chi connectivity index (χ3n) is 0.872. The highest BCUT2D eigenvalue weighted by atomic mass is 32.2. The highest BCUT2D eigenvalue weighted by molar-refractivity contribution is 7.85. The predicted octanol–water partition coefficient (Wildman–Crippen LogP) is -2.61. The van der Waals surface area contributed by atoms with E-state index in [0.717, 1.165) is 0 Å². The summed E-state index contributed by atoms with van der Waals surface area (Å²) in [7, 11) is -4.39. The summed E-state index contributed by atoms with van der Waals surface area (Å²) < 4.78 is 28.2. The zero-order valence-electron chi connectivity index (χ0n) is 5.30. The van der Waals surface area contributed by atoms with Crippen LogP contribution in [0.4, 0.5) is 0 Å². The zero-order chi connectivity index (χ0) is 9.07. The minimum absolute atomic E-state index is 0.0455. The van der Waals surface area contributed by atoms with Crippen LogP contribution in [0.15, 0.2) is 0 Å². The van der Waals surface area contributed by atoms with Crippen molar-refractivity contribution in [1.29, 1.82) is 0 Å². The Balaban J connectivity index is 4.22. The Kier molecular flexibility index (Phi) is 3.39. The van der Waals surface area contributed by atoms with E-state index >= 15 is 0 Å². The number of carboxylic acids is 1. The van der Waals surface area contributed by atoms with Gasteiger partial charge in [0.15, 0.2) is 0 Å². The summed E-state index contributed by atoms with van der Waals surface area (Å²) >= 11 is 0. The van der Waals surface area contributed by atoms with Crippen molar-refractivity contribution in [1.82, 2.24) is 0 Å². The third-order valence-corrected chi connectivity index (χ3v) is 1.65. The van der Waals surface area contributed by atoms with Crippen molar-refractivity contribution in [3.63, 3.8) is 0 Å². The Morgan fingerprint density at radius 1 is 1.64 bits per heavy atom. The fourth-order valence-electron chi connectivity index (χ4n) is 0.396. The molecule has 0 aromatic rings. The van der Waals surface area contributed by atoms with Gasteiger partial charge in [0.25, 0.3) is 10.1 Å². The van der Waals surface area contributed by atoms with E-state index in [0.29, 0.717) is 0 Å². The van der Waals surface area contributed by atoms with Crippen LogP contribution in [-0.2, 0) is 14.9 Å². The van der Waals surface area contributed by atoms with Crippen molar-refractivity contribution in [3.05, 3.63) is 5.21 Å². The second kappa shape index (κ2) is 3.62. The lowest BCUT2D eigenvalue weighted by Gasteiger charge is -2.09. The first kappa shape index (κ1) is 10.3. The van der Waals surface area contributed by atoms with Gasteiger partial charge in [0, 0.05) is 0 Å². The molecule has 0 rings (SSSR count). The molecule has 0 aliphatic heterocycles. The van der Waals surface area contributed by atoms with Gasteiger partial charge in [-0.15, -0.1) is 0 Å². The van der Waals surface area contributed by atoms with Crippen molar-refractivity contribution in [2.45, 2.75) is 6.04 Å². The van der Waals surface area contributed by atoms with E-state index < -0.39 is 27.9 Å². The van der Waals surface area contributed by atoms with Crippen molar-refractivity contribution >= 4 is 16.1 Å². The standard InChI is InChI=1S/C3H7NO6S/c5-3(6)2(4-7)1-11(8,9)10/h2H,1,4H2,(H,5,6)(H,8,9,10)/t2-/m0/s1. The normalized spacial score (nSPS) is 14.4. The first-order valence-electron chi connectivity index (χ1n) is 2.50. The SMILES string of the molecule is O=C(O)[C@H](CS(=O)(=O)O)[NH2+][O-]. The van der Waals surface area contributed by atoms with E-state index in [2.05, 4.69) is 0 Å². The maximum atomic E-state index is 10.0. The zero-order valence-corrected chi connectivity index (χ0v) is 6.11. The number of carboxylic acid groups (broad SMARTS) is 1. The molecule has 0 spiro atoms. The van der Waals surface area contributed by atoms with Gasteiger partial charge >= 0.3 is 5.97 Å². The molecule has 0 bridgehead atoms. The molecule has 8 heteroatoms. The van der Waals surface area contributed by atoms with E-state index in [4.69, 9.17) is 9.66 Å². The lowest BCUT2D eigenvalue weighted by molar-refractivity contribution is -0.610. The monoisotopic (exact) mass is 185 g/mol. The van der Waals surface area contributed by atoms with Crippen molar-refractivity contribution in [2.24, 2.45) is 0 Å². The Bertz CT molecular complexity index is 232. The average Bonchev–Trinajstić information content (AvgIpc) is 1.80. The van der Waals surface area contributed by atoms with Gasteiger partial charge in [-0.2, -0.15) is 8.42 Å². The fraction of sp³-hybridized carbons (Fsp3) is 0.667. The molecule has 0 radical (unpaired) electrons. The summed E-state index contributed by atoms with van der Waals surface area (Å²) in [6.07, 6.45) is 0. The lowest BCUT2D eigenvalue weighted by Crippen LogP contribution is -2.87. The molecule has 0 aliphatic rings. The second-order valence-electron chi connectivity index (χ2n) is 1.83. The molecule has 0 aliphatic carbocycles. The largest absolute Gasteiger partial charge is 0.635 e. The number of carbonyl (C=O) groups is 1. The van der Waals surface area contributed by atoms with Gasteiger partial charge in [0.05, 0.1) is 0 Å². The van der Waals surface area contributed by atoms with Crippen molar-refractivity contribution < 1.29 is 28.4 Å². The van der Waals surface area contributed by atoms with E-state index in [1.165, 1.54) is 0 Å². The van der Waals surface area contributed by atoms with Crippen LogP contribution in [0.1, 0.15) is 0 Å². The van der Waals surface area contributed by atoms with E-state index in [9.17, 15) is 18.4 Å². The summed E-state index contributed by atoms with van der Waals surface area (Å²) in [5.74, 6) is -2.65. The number of nitrogens with two attached hydrogens (primary N) is 1. The molecule has 0 saturated carbocycles. The number of aliphatic carboxylic acids is 1. The van der Waals surface area contributed by atoms with Crippen LogP contribution in [0.3, 0.4) is 0 Å². The molecule has 0 saturated heterocycles. The topological polar surface area (TPSA) is 131 Å². The van der Waals surface area contributed by atoms with Gasteiger partial charge < -0.3 is 15.8 Å². The molecule has 11 heavy (non-hydrogen) atoms. The highest BCUT2D eigenvalue weighted by Crippen LogP contribution is 1.85. The van der Waals surface area contributed by atoms with Gasteiger partial charge in [-0.1, -0.05) is 0 Å². The summed E-state index contributed by atoms with van der Waals surface area (Å²) in [5, 5.41) is 18.0. The van der Waals surface area contributed by atoms with E-state index in [-0.39, 0.29) is 5.48 Å². The molecule has 0 amide bonds. The van der Waals surface area contributed by atoms with E-state index in [1.54, 1.807) is 0 Å². The molecule has 0 aromatic carbocycles. The maximum Gasteiger partial charge on any atom is 0.363 e. The molecular weight excluding hydrogens is 178 g/mol. The first-order chi connectivity index (χ1) is 4.87. The molecule has 1 atom stereocenters. The Morgan fingerprint density at radius 2 is 2.09 bits per heavy atom. The van der Waals surface area contributed by atoms with Gasteiger partial charge in [-0.25, -0.2) is 4.79 Å². The van der Waals surface area contributed by atoms with Crippen LogP contribution < -0.4 is 5.48 Å². The minimum atomic E-state index is -4.39.